The summed E-state index contributed by atoms with van der Waals surface area (Å²) in [5.74, 6) is 0.661. The van der Waals surface area contributed by atoms with Crippen LogP contribution in [0.25, 0.3) is 0 Å². The van der Waals surface area contributed by atoms with E-state index in [-0.39, 0.29) is 0 Å². The summed E-state index contributed by atoms with van der Waals surface area (Å²) < 4.78 is 5.15. The molecule has 1 aliphatic rings. The first-order valence-electron chi connectivity index (χ1n) is 6.34. The quantitative estimate of drug-likeness (QED) is 0.854. The highest BCUT2D eigenvalue weighted by Crippen LogP contribution is 2.28. The van der Waals surface area contributed by atoms with E-state index >= 15 is 0 Å². The van der Waals surface area contributed by atoms with Gasteiger partial charge < -0.3 is 10.5 Å². The van der Waals surface area contributed by atoms with Crippen LogP contribution in [0, 0.1) is 0 Å². The maximum Gasteiger partial charge on any atom is 0.213 e. The number of nitrogens with two attached hydrogens (primary N) is 1. The number of ether oxygens (including phenoxy) is 1. The topological polar surface area (TPSA) is 51.4 Å². The highest BCUT2D eigenvalue weighted by molar-refractivity contribution is 5.52. The van der Waals surface area contributed by atoms with Crippen molar-refractivity contribution in [1.82, 2.24) is 9.88 Å². The van der Waals surface area contributed by atoms with Gasteiger partial charge >= 0.3 is 0 Å². The molecule has 4 heteroatoms. The number of methoxy groups -OCH3 is 1. The van der Waals surface area contributed by atoms with Crippen molar-refractivity contribution in [1.29, 1.82) is 0 Å². The zero-order valence-corrected chi connectivity index (χ0v) is 11.0. The van der Waals surface area contributed by atoms with E-state index in [1.807, 2.05) is 24.3 Å². The molecule has 1 aromatic carbocycles. The number of hydrogen-bond donors (Lipinski definition) is 1. The van der Waals surface area contributed by atoms with Crippen molar-refractivity contribution in [2.75, 3.05) is 12.8 Å². The summed E-state index contributed by atoms with van der Waals surface area (Å²) >= 11 is 0. The molecule has 4 nitrogen and oxygen atoms in total. The van der Waals surface area contributed by atoms with E-state index in [9.17, 15) is 0 Å². The molecule has 0 unspecified atom stereocenters. The summed E-state index contributed by atoms with van der Waals surface area (Å²) in [4.78, 5) is 6.50. The molecule has 98 valence electrons. The minimum absolute atomic E-state index is 0.661. The molecule has 0 saturated heterocycles. The lowest BCUT2D eigenvalue weighted by Crippen LogP contribution is -2.15. The average molecular weight is 255 g/mol. The van der Waals surface area contributed by atoms with E-state index in [2.05, 4.69) is 16.0 Å². The van der Waals surface area contributed by atoms with Gasteiger partial charge in [-0.3, -0.25) is 4.90 Å². The van der Waals surface area contributed by atoms with Crippen LogP contribution in [0.4, 0.5) is 5.69 Å². The van der Waals surface area contributed by atoms with Gasteiger partial charge in [-0.15, -0.1) is 0 Å². The lowest BCUT2D eigenvalue weighted by Gasteiger charge is -2.15. The van der Waals surface area contributed by atoms with Gasteiger partial charge in [0.05, 0.1) is 7.11 Å². The van der Waals surface area contributed by atoms with Crippen LogP contribution in [0.15, 0.2) is 36.5 Å². The van der Waals surface area contributed by atoms with Crippen LogP contribution in [0.1, 0.15) is 16.7 Å². The molecular formula is C15H17N3O. The predicted octanol–water partition coefficient (Wildman–Crippen LogP) is 2.19. The molecule has 0 aliphatic carbocycles. The number of fused-ring (bicyclic) bond motifs is 1. The fraction of sp³-hybridized carbons (Fsp3) is 0.267. The second-order valence-electron chi connectivity index (χ2n) is 4.84. The second-order valence-corrected chi connectivity index (χ2v) is 4.84. The zero-order chi connectivity index (χ0) is 13.2. The Bertz CT molecular complexity index is 598. The smallest absolute Gasteiger partial charge is 0.213 e. The average Bonchev–Trinajstić information content (AvgIpc) is 2.83. The van der Waals surface area contributed by atoms with Crippen molar-refractivity contribution in [3.05, 3.63) is 53.2 Å². The number of hydrogen-bond acceptors (Lipinski definition) is 4. The predicted molar refractivity (Wildman–Crippen MR) is 74.6 cm³/mol. The molecule has 0 saturated carbocycles. The first-order chi connectivity index (χ1) is 9.26. The molecular weight excluding hydrogens is 238 g/mol. The Morgan fingerprint density at radius 2 is 2.21 bits per heavy atom. The van der Waals surface area contributed by atoms with Crippen molar-refractivity contribution in [3.63, 3.8) is 0 Å². The number of anilines is 1. The van der Waals surface area contributed by atoms with Crippen LogP contribution in [0.3, 0.4) is 0 Å². The van der Waals surface area contributed by atoms with Crippen molar-refractivity contribution < 1.29 is 4.74 Å². The summed E-state index contributed by atoms with van der Waals surface area (Å²) in [6, 6.07) is 10.1. The molecule has 0 spiro atoms. The Balaban J connectivity index is 1.75. The normalized spacial score (nSPS) is 14.4. The summed E-state index contributed by atoms with van der Waals surface area (Å²) in [5.41, 5.74) is 10.7. The second kappa shape index (κ2) is 4.90. The SMILES string of the molecule is COc1cc(CN2Cc3cccc(N)c3C2)ccn1. The minimum atomic E-state index is 0.661. The maximum atomic E-state index is 6.02. The molecule has 1 aliphatic heterocycles. The molecule has 2 N–H and O–H groups in total. The van der Waals surface area contributed by atoms with Gasteiger partial charge in [-0.2, -0.15) is 0 Å². The summed E-state index contributed by atoms with van der Waals surface area (Å²) in [6.07, 6.45) is 1.78. The molecule has 2 heterocycles. The Morgan fingerprint density at radius 3 is 3.00 bits per heavy atom. The summed E-state index contributed by atoms with van der Waals surface area (Å²) in [6.45, 7) is 2.74. The van der Waals surface area contributed by atoms with E-state index in [1.165, 1.54) is 16.7 Å². The first kappa shape index (κ1) is 12.0. The van der Waals surface area contributed by atoms with Gasteiger partial charge in [0.15, 0.2) is 0 Å². The van der Waals surface area contributed by atoms with E-state index in [0.717, 1.165) is 25.3 Å². The van der Waals surface area contributed by atoms with Gasteiger partial charge in [-0.05, 0) is 28.8 Å². The number of nitrogen functional groups attached to an aromatic ring is 1. The third-order valence-corrected chi connectivity index (χ3v) is 3.50. The maximum absolute atomic E-state index is 6.02. The molecule has 0 radical (unpaired) electrons. The molecule has 1 aromatic heterocycles. The lowest BCUT2D eigenvalue weighted by molar-refractivity contribution is 0.275. The van der Waals surface area contributed by atoms with E-state index in [1.54, 1.807) is 13.3 Å². The number of aromatic nitrogens is 1. The molecule has 0 bridgehead atoms. The summed E-state index contributed by atoms with van der Waals surface area (Å²) in [7, 11) is 1.64. The molecule has 3 rings (SSSR count). The van der Waals surface area contributed by atoms with Gasteiger partial charge in [0.1, 0.15) is 0 Å². The minimum Gasteiger partial charge on any atom is -0.481 e. The van der Waals surface area contributed by atoms with E-state index in [4.69, 9.17) is 10.5 Å². The van der Waals surface area contributed by atoms with Crippen molar-refractivity contribution in [3.8, 4) is 5.88 Å². The van der Waals surface area contributed by atoms with Crippen LogP contribution in [0.5, 0.6) is 5.88 Å². The van der Waals surface area contributed by atoms with Crippen LogP contribution in [-0.2, 0) is 19.6 Å². The molecule has 19 heavy (non-hydrogen) atoms. The van der Waals surface area contributed by atoms with Gasteiger partial charge in [-0.1, -0.05) is 12.1 Å². The Morgan fingerprint density at radius 1 is 1.32 bits per heavy atom. The van der Waals surface area contributed by atoms with Gasteiger partial charge in [0.25, 0.3) is 0 Å². The van der Waals surface area contributed by atoms with Crippen LogP contribution in [-0.4, -0.2) is 17.0 Å². The third-order valence-electron chi connectivity index (χ3n) is 3.50. The van der Waals surface area contributed by atoms with Gasteiger partial charge in [0.2, 0.25) is 5.88 Å². The van der Waals surface area contributed by atoms with Gasteiger partial charge in [0, 0.05) is 37.6 Å². The van der Waals surface area contributed by atoms with Crippen LogP contribution < -0.4 is 10.5 Å². The van der Waals surface area contributed by atoms with E-state index < -0.39 is 0 Å². The van der Waals surface area contributed by atoms with Gasteiger partial charge in [-0.25, -0.2) is 4.98 Å². The fourth-order valence-corrected chi connectivity index (χ4v) is 2.55. The van der Waals surface area contributed by atoms with Crippen LogP contribution >= 0.6 is 0 Å². The first-order valence-corrected chi connectivity index (χ1v) is 6.34. The number of rotatable bonds is 3. The number of benzene rings is 1. The molecule has 0 atom stereocenters. The third kappa shape index (κ3) is 2.39. The van der Waals surface area contributed by atoms with Crippen LogP contribution in [0.2, 0.25) is 0 Å². The summed E-state index contributed by atoms with van der Waals surface area (Å²) in [5, 5.41) is 0. The monoisotopic (exact) mass is 255 g/mol. The Kier molecular flexibility index (Phi) is 3.09. The highest BCUT2D eigenvalue weighted by Gasteiger charge is 2.20. The standard InChI is InChI=1S/C15H17N3O/c1-19-15-7-11(5-6-17-15)8-18-9-12-3-2-4-14(16)13(12)10-18/h2-7H,8-10,16H2,1H3. The number of nitrogens with zero attached hydrogens (tertiary/aromatic N) is 2. The Hall–Kier alpha value is -2.07. The molecule has 2 aromatic rings. The lowest BCUT2D eigenvalue weighted by atomic mass is 10.1. The zero-order valence-electron chi connectivity index (χ0n) is 11.0. The highest BCUT2D eigenvalue weighted by atomic mass is 16.5. The molecule has 0 amide bonds. The van der Waals surface area contributed by atoms with Crippen molar-refractivity contribution >= 4 is 5.69 Å². The van der Waals surface area contributed by atoms with E-state index in [0.29, 0.717) is 5.88 Å². The molecule has 0 fully saturated rings. The fourth-order valence-electron chi connectivity index (χ4n) is 2.55. The Labute approximate surface area is 112 Å². The largest absolute Gasteiger partial charge is 0.481 e. The number of pyridine rings is 1. The van der Waals surface area contributed by atoms with Crippen molar-refractivity contribution in [2.45, 2.75) is 19.6 Å². The van der Waals surface area contributed by atoms with Crippen molar-refractivity contribution in [2.24, 2.45) is 0 Å².